The van der Waals surface area contributed by atoms with Crippen molar-refractivity contribution in [2.45, 2.75) is 44.2 Å². The lowest BCUT2D eigenvalue weighted by atomic mass is 9.59. The van der Waals surface area contributed by atoms with E-state index in [9.17, 15) is 5.26 Å². The van der Waals surface area contributed by atoms with Crippen molar-refractivity contribution in [2.75, 3.05) is 20.8 Å². The normalized spacial score (nSPS) is 33.1. The van der Waals surface area contributed by atoms with Crippen molar-refractivity contribution in [3.8, 4) is 22.9 Å². The Morgan fingerprint density at radius 1 is 1.25 bits per heavy atom. The van der Waals surface area contributed by atoms with Gasteiger partial charge in [0.15, 0.2) is 0 Å². The summed E-state index contributed by atoms with van der Waals surface area (Å²) in [5.41, 5.74) is 8.35. The van der Waals surface area contributed by atoms with E-state index in [2.05, 4.69) is 19.1 Å². The zero-order chi connectivity index (χ0) is 24.3. The summed E-state index contributed by atoms with van der Waals surface area (Å²) in [6.07, 6.45) is 3.18. The summed E-state index contributed by atoms with van der Waals surface area (Å²) in [7, 11) is 3.31. The lowest BCUT2D eigenvalue weighted by Gasteiger charge is -2.47. The zero-order valence-corrected chi connectivity index (χ0v) is 18.6. The Morgan fingerprint density at radius 2 is 2.09 bits per heavy atom. The maximum atomic E-state index is 9.47. The third-order valence-corrected chi connectivity index (χ3v) is 7.54. The van der Waals surface area contributed by atoms with E-state index in [1.807, 2.05) is 24.3 Å². The molecule has 6 nitrogen and oxygen atoms in total. The summed E-state index contributed by atoms with van der Waals surface area (Å²) in [6.45, 7) is 0.0715. The van der Waals surface area contributed by atoms with Crippen molar-refractivity contribution in [2.24, 2.45) is 22.1 Å². The van der Waals surface area contributed by atoms with Gasteiger partial charge in [0.1, 0.15) is 17.8 Å². The van der Waals surface area contributed by atoms with E-state index in [1.54, 1.807) is 20.3 Å². The van der Waals surface area contributed by atoms with Crippen molar-refractivity contribution in [1.29, 1.82) is 5.26 Å². The van der Waals surface area contributed by atoms with Gasteiger partial charge in [0.25, 0.3) is 6.02 Å². The first kappa shape index (κ1) is 18.5. The van der Waals surface area contributed by atoms with E-state index in [-0.39, 0.29) is 18.0 Å². The average molecular weight is 434 g/mol. The van der Waals surface area contributed by atoms with Crippen molar-refractivity contribution < 1.29 is 17.0 Å². The van der Waals surface area contributed by atoms with Gasteiger partial charge in [-0.05, 0) is 78.1 Å². The molecule has 5 rings (SSSR count). The second kappa shape index (κ2) is 7.53. The lowest BCUT2D eigenvalue weighted by molar-refractivity contribution is -0.0445. The molecule has 1 aliphatic heterocycles. The second-order valence-corrected chi connectivity index (χ2v) is 9.25. The third-order valence-electron chi connectivity index (χ3n) is 7.54. The van der Waals surface area contributed by atoms with Gasteiger partial charge in [0.2, 0.25) is 0 Å². The van der Waals surface area contributed by atoms with Gasteiger partial charge in [0, 0.05) is 12.5 Å². The summed E-state index contributed by atoms with van der Waals surface area (Å²) >= 11 is 0. The van der Waals surface area contributed by atoms with E-state index in [0.717, 1.165) is 41.5 Å². The highest BCUT2D eigenvalue weighted by atomic mass is 16.5. The van der Waals surface area contributed by atoms with Crippen LogP contribution in [0.5, 0.6) is 5.75 Å². The summed E-state index contributed by atoms with van der Waals surface area (Å²) in [6, 6.07) is 13.5. The van der Waals surface area contributed by atoms with E-state index < -0.39 is 17.5 Å². The van der Waals surface area contributed by atoms with Crippen LogP contribution in [-0.4, -0.2) is 32.9 Å². The number of hydrogen-bond donors (Lipinski definition) is 1. The van der Waals surface area contributed by atoms with Crippen molar-refractivity contribution >= 4 is 6.02 Å². The minimum atomic E-state index is -2.09. The first-order valence-electron chi connectivity index (χ1n) is 12.0. The van der Waals surface area contributed by atoms with Gasteiger partial charge in [-0.1, -0.05) is 19.1 Å². The number of fused-ring (bicyclic) bond motifs is 3. The number of amidine groups is 1. The maximum Gasteiger partial charge on any atom is 0.283 e. The maximum absolute atomic E-state index is 9.47. The first-order valence-corrected chi connectivity index (χ1v) is 11.0. The molecule has 0 saturated heterocycles. The van der Waals surface area contributed by atoms with Crippen LogP contribution in [0.25, 0.3) is 11.1 Å². The molecule has 2 aliphatic carbocycles. The molecule has 4 atom stereocenters. The number of nitriles is 1. The van der Waals surface area contributed by atoms with Crippen LogP contribution >= 0.6 is 0 Å². The Balaban J connectivity index is 1.69. The molecule has 1 saturated carbocycles. The van der Waals surface area contributed by atoms with Gasteiger partial charge in [-0.3, -0.25) is 0 Å². The molecule has 0 aromatic heterocycles. The fourth-order valence-corrected chi connectivity index (χ4v) is 6.04. The minimum absolute atomic E-state index is 0.114. The number of benzene rings is 2. The Morgan fingerprint density at radius 3 is 2.75 bits per heavy atom. The Kier molecular flexibility index (Phi) is 4.36. The molecule has 166 valence electrons. The molecule has 1 fully saturated rings. The number of nitrogens with zero attached hydrogens (tertiary/aromatic N) is 2. The van der Waals surface area contributed by atoms with Crippen LogP contribution in [0.3, 0.4) is 0 Å². The molecule has 0 bridgehead atoms. The van der Waals surface area contributed by atoms with Gasteiger partial charge in [0.05, 0.1) is 27.6 Å². The number of hydrogen-bond acceptors (Lipinski definition) is 6. The van der Waals surface area contributed by atoms with Crippen LogP contribution in [0.1, 0.15) is 45.6 Å². The van der Waals surface area contributed by atoms with Crippen molar-refractivity contribution in [1.82, 2.24) is 0 Å². The van der Waals surface area contributed by atoms with E-state index in [4.69, 9.17) is 27.7 Å². The second-order valence-electron chi connectivity index (χ2n) is 9.25. The molecule has 6 heteroatoms. The topological polar surface area (TPSA) is 89.9 Å². The highest BCUT2D eigenvalue weighted by Gasteiger charge is 2.62. The molecule has 32 heavy (non-hydrogen) atoms. The van der Waals surface area contributed by atoms with Gasteiger partial charge in [-0.15, -0.1) is 0 Å². The van der Waals surface area contributed by atoms with Crippen LogP contribution in [0, 0.1) is 22.7 Å². The van der Waals surface area contributed by atoms with Crippen LogP contribution in [0.4, 0.5) is 0 Å². The zero-order valence-electron chi connectivity index (χ0n) is 20.6. The summed E-state index contributed by atoms with van der Waals surface area (Å²) in [5.74, 6) is 0.836. The quantitative estimate of drug-likeness (QED) is 0.785. The summed E-state index contributed by atoms with van der Waals surface area (Å²) in [5, 5.41) is 9.47. The smallest absolute Gasteiger partial charge is 0.283 e. The fraction of sp³-hybridized carbons (Fsp3) is 0.462. The predicted molar refractivity (Wildman–Crippen MR) is 122 cm³/mol. The molecule has 2 aromatic carbocycles. The van der Waals surface area contributed by atoms with Gasteiger partial charge in [-0.2, -0.15) is 5.26 Å². The van der Waals surface area contributed by atoms with Gasteiger partial charge in [-0.25, -0.2) is 4.99 Å². The number of aliphatic imine (C=N–C) groups is 1. The molecular weight excluding hydrogens is 402 g/mol. The molecule has 0 radical (unpaired) electrons. The minimum Gasteiger partial charge on any atom is -0.497 e. The van der Waals surface area contributed by atoms with E-state index in [1.165, 1.54) is 0 Å². The third kappa shape index (κ3) is 2.99. The van der Waals surface area contributed by atoms with Crippen LogP contribution in [0.2, 0.25) is 0 Å². The SMILES string of the molecule is [2H]C1([2H])OC(N)=N[C@]12c1cc(-c3cc(C#N)cc(OC)c3)ccc1C[C@]21CC[C@@H](OC)[C@H](C)C1. The molecule has 2 N–H and O–H groups in total. The van der Waals surface area contributed by atoms with Crippen LogP contribution in [-0.2, 0) is 21.4 Å². The lowest BCUT2D eigenvalue weighted by Crippen LogP contribution is -2.48. The Labute approximate surface area is 191 Å². The molecule has 2 spiro atoms. The first-order chi connectivity index (χ1) is 16.2. The highest BCUT2D eigenvalue weighted by molar-refractivity contribution is 5.76. The Hall–Kier alpha value is -3.04. The molecule has 0 unspecified atom stereocenters. The Bertz CT molecular complexity index is 1220. The number of nitrogens with two attached hydrogens (primary N) is 1. The van der Waals surface area contributed by atoms with E-state index >= 15 is 0 Å². The molecule has 3 aliphatic rings. The van der Waals surface area contributed by atoms with Crippen molar-refractivity contribution in [3.63, 3.8) is 0 Å². The van der Waals surface area contributed by atoms with Gasteiger partial charge >= 0.3 is 0 Å². The molecule has 2 aromatic rings. The molecular formula is C26H29N3O3. The monoisotopic (exact) mass is 433 g/mol. The van der Waals surface area contributed by atoms with Gasteiger partial charge < -0.3 is 19.9 Å². The number of methoxy groups -OCH3 is 2. The average Bonchev–Trinajstić information content (AvgIpc) is 3.22. The molecule has 1 heterocycles. The number of ether oxygens (including phenoxy) is 3. The van der Waals surface area contributed by atoms with Crippen molar-refractivity contribution in [3.05, 3.63) is 53.1 Å². The summed E-state index contributed by atoms with van der Waals surface area (Å²) < 4.78 is 34.6. The standard InChI is InChI=1S/C26H29N3O3/c1-16-12-25(7-6-23(16)31-3)13-19-5-4-18(11-22(19)26(25)15-32-24(28)29-26)20-8-17(14-27)9-21(10-20)30-2/h4-5,8-11,16,23H,6-7,12-13,15H2,1-3H3,(H2,28,29)/t16-,23-,25-,26+/m1/s1/i15D2. The fourth-order valence-electron chi connectivity index (χ4n) is 6.04. The predicted octanol–water partition coefficient (Wildman–Crippen LogP) is 4.15. The largest absolute Gasteiger partial charge is 0.497 e. The van der Waals surface area contributed by atoms with E-state index in [0.29, 0.717) is 17.7 Å². The number of rotatable bonds is 3. The van der Waals surface area contributed by atoms with Crippen LogP contribution < -0.4 is 10.5 Å². The highest BCUT2D eigenvalue weighted by Crippen LogP contribution is 2.62. The summed E-state index contributed by atoms with van der Waals surface area (Å²) in [4.78, 5) is 4.76. The van der Waals surface area contributed by atoms with Crippen LogP contribution in [0.15, 0.2) is 41.4 Å². The molecule has 0 amide bonds.